The smallest absolute Gasteiger partial charge is 0.330 e. The molecule has 2 aromatic carbocycles. The first-order chi connectivity index (χ1) is 22.4. The Hall–Kier alpha value is -3.74. The van der Waals surface area contributed by atoms with Crippen LogP contribution >= 0.6 is 0 Å². The van der Waals surface area contributed by atoms with Gasteiger partial charge < -0.3 is 21.1 Å². The van der Waals surface area contributed by atoms with Crippen molar-refractivity contribution in [2.45, 2.75) is 89.3 Å². The Morgan fingerprint density at radius 1 is 0.915 bits per heavy atom. The summed E-state index contributed by atoms with van der Waals surface area (Å²) in [6.07, 6.45) is 3.24. The van der Waals surface area contributed by atoms with Crippen LogP contribution in [0.5, 0.6) is 0 Å². The molecule has 256 valence electrons. The van der Waals surface area contributed by atoms with Gasteiger partial charge in [0.25, 0.3) is 5.91 Å². The van der Waals surface area contributed by atoms with Crippen LogP contribution in [0.2, 0.25) is 0 Å². The summed E-state index contributed by atoms with van der Waals surface area (Å²) in [6, 6.07) is 13.1. The summed E-state index contributed by atoms with van der Waals surface area (Å²) in [5.74, 6) is -3.96. The predicted octanol–water partition coefficient (Wildman–Crippen LogP) is 4.68. The molecule has 1 unspecified atom stereocenters. The van der Waals surface area contributed by atoms with E-state index in [1.807, 2.05) is 45.0 Å². The number of ether oxygens (including phenoxy) is 1. The van der Waals surface area contributed by atoms with Crippen LogP contribution in [0.15, 0.2) is 66.9 Å². The van der Waals surface area contributed by atoms with E-state index < -0.39 is 62.5 Å². The minimum atomic E-state index is -3.86. The lowest BCUT2D eigenvalue weighted by atomic mass is 10.0. The first-order valence-electron chi connectivity index (χ1n) is 16.1. The molecule has 0 aliphatic rings. The zero-order chi connectivity index (χ0) is 34.4. The maximum atomic E-state index is 14.0. The van der Waals surface area contributed by atoms with E-state index in [2.05, 4.69) is 15.6 Å². The van der Waals surface area contributed by atoms with E-state index >= 15 is 0 Å². The fourth-order valence-electron chi connectivity index (χ4n) is 5.38. The van der Waals surface area contributed by atoms with Gasteiger partial charge in [-0.2, -0.15) is 0 Å². The molecule has 0 aliphatic heterocycles. The molecule has 3 aromatic rings. The van der Waals surface area contributed by atoms with Crippen molar-refractivity contribution in [2.24, 2.45) is 5.73 Å². The summed E-state index contributed by atoms with van der Waals surface area (Å²) in [4.78, 5) is 30.9. The lowest BCUT2D eigenvalue weighted by Gasteiger charge is -2.28. The average molecular weight is 673 g/mol. The zero-order valence-electron chi connectivity index (χ0n) is 27.3. The average Bonchev–Trinajstić information content (AvgIpc) is 3.03. The van der Waals surface area contributed by atoms with E-state index in [0.29, 0.717) is 32.2 Å². The molecule has 0 spiro atoms. The Morgan fingerprint density at radius 2 is 1.60 bits per heavy atom. The molecule has 0 radical (unpaired) electrons. The van der Waals surface area contributed by atoms with Gasteiger partial charge in [0, 0.05) is 31.4 Å². The standard InChI is InChI=1S/C35H46F2N4O5S/c1-4-10-29(11-5-2)47(44,45)23-32(41-34(42)31-14-7-8-15-40-31)35(43)46-33(22-39-21-25-13-9-12-24(6-3)16-25)30(38)19-26-17-27(36)20-28(37)18-26/h7-9,12-18,20,29-30,32-33,39H,4-6,10-11,19,21-23,38H2,1-3H3,(H,41,42)/t30?,32-,33-/m1/s1. The van der Waals surface area contributed by atoms with Crippen molar-refractivity contribution < 1.29 is 31.5 Å². The monoisotopic (exact) mass is 672 g/mol. The van der Waals surface area contributed by atoms with Gasteiger partial charge in [0.1, 0.15) is 29.5 Å². The fraction of sp³-hybridized carbons (Fsp3) is 0.457. The second-order valence-electron chi connectivity index (χ2n) is 11.7. The van der Waals surface area contributed by atoms with Crippen molar-refractivity contribution in [3.63, 3.8) is 0 Å². The number of aromatic nitrogens is 1. The molecule has 12 heteroatoms. The Morgan fingerprint density at radius 3 is 2.21 bits per heavy atom. The van der Waals surface area contributed by atoms with Crippen LogP contribution < -0.4 is 16.4 Å². The van der Waals surface area contributed by atoms with Gasteiger partial charge in [0.15, 0.2) is 9.84 Å². The molecule has 4 N–H and O–H groups in total. The number of nitrogens with one attached hydrogen (secondary N) is 2. The van der Waals surface area contributed by atoms with Crippen LogP contribution in [-0.2, 0) is 38.8 Å². The van der Waals surface area contributed by atoms with Crippen LogP contribution in [0, 0.1) is 11.6 Å². The largest absolute Gasteiger partial charge is 0.458 e. The van der Waals surface area contributed by atoms with Crippen molar-refractivity contribution in [2.75, 3.05) is 12.3 Å². The molecule has 0 saturated carbocycles. The Bertz CT molecular complexity index is 1530. The molecule has 1 aromatic heterocycles. The highest BCUT2D eigenvalue weighted by molar-refractivity contribution is 7.92. The van der Waals surface area contributed by atoms with E-state index in [1.165, 1.54) is 12.3 Å². The van der Waals surface area contributed by atoms with Gasteiger partial charge in [-0.15, -0.1) is 0 Å². The third kappa shape index (κ3) is 12.1. The van der Waals surface area contributed by atoms with Gasteiger partial charge in [0.2, 0.25) is 0 Å². The maximum Gasteiger partial charge on any atom is 0.330 e. The number of esters is 1. The number of hydrogen-bond donors (Lipinski definition) is 3. The number of carbonyl (C=O) groups excluding carboxylic acids is 2. The normalized spacial score (nSPS) is 13.6. The van der Waals surface area contributed by atoms with Gasteiger partial charge in [-0.25, -0.2) is 22.0 Å². The van der Waals surface area contributed by atoms with Crippen LogP contribution in [0.25, 0.3) is 0 Å². The number of pyridine rings is 1. The van der Waals surface area contributed by atoms with E-state index in [0.717, 1.165) is 35.7 Å². The predicted molar refractivity (Wildman–Crippen MR) is 178 cm³/mol. The summed E-state index contributed by atoms with van der Waals surface area (Å²) in [7, 11) is -3.86. The first kappa shape index (κ1) is 37.7. The highest BCUT2D eigenvalue weighted by Gasteiger charge is 2.35. The summed E-state index contributed by atoms with van der Waals surface area (Å²) in [6.45, 7) is 6.27. The highest BCUT2D eigenvalue weighted by atomic mass is 32.2. The molecule has 1 amide bonds. The number of sulfone groups is 1. The van der Waals surface area contributed by atoms with Gasteiger partial charge in [-0.05, 0) is 66.6 Å². The number of nitrogens with two attached hydrogens (primary N) is 1. The molecule has 3 rings (SSSR count). The van der Waals surface area contributed by atoms with Gasteiger partial charge in [0.05, 0.1) is 11.0 Å². The lowest BCUT2D eigenvalue weighted by Crippen LogP contribution is -2.52. The van der Waals surface area contributed by atoms with E-state index in [1.54, 1.807) is 12.1 Å². The number of nitrogens with zero attached hydrogens (tertiary/aromatic N) is 1. The third-order valence-electron chi connectivity index (χ3n) is 7.83. The van der Waals surface area contributed by atoms with Crippen molar-refractivity contribution in [1.29, 1.82) is 0 Å². The van der Waals surface area contributed by atoms with Crippen molar-refractivity contribution in [3.05, 3.63) is 101 Å². The van der Waals surface area contributed by atoms with E-state index in [9.17, 15) is 26.8 Å². The summed E-state index contributed by atoms with van der Waals surface area (Å²) in [5.41, 5.74) is 8.89. The molecule has 0 bridgehead atoms. The molecular formula is C35H46F2N4O5S. The molecular weight excluding hydrogens is 626 g/mol. The van der Waals surface area contributed by atoms with Crippen LogP contribution in [0.1, 0.15) is 73.6 Å². The minimum Gasteiger partial charge on any atom is -0.458 e. The fourth-order valence-corrected chi connectivity index (χ4v) is 7.52. The second-order valence-corrected chi connectivity index (χ2v) is 14.0. The van der Waals surface area contributed by atoms with Crippen LogP contribution in [-0.4, -0.2) is 61.0 Å². The molecule has 0 saturated heterocycles. The number of rotatable bonds is 19. The zero-order valence-corrected chi connectivity index (χ0v) is 28.1. The third-order valence-corrected chi connectivity index (χ3v) is 10.1. The van der Waals surface area contributed by atoms with E-state index in [-0.39, 0.29) is 24.2 Å². The topological polar surface area (TPSA) is 140 Å². The maximum absolute atomic E-state index is 14.0. The molecule has 3 atom stereocenters. The van der Waals surface area contributed by atoms with Gasteiger partial charge in [-0.3, -0.25) is 9.78 Å². The molecule has 0 aliphatic carbocycles. The lowest BCUT2D eigenvalue weighted by molar-refractivity contribution is -0.151. The van der Waals surface area contributed by atoms with Crippen molar-refractivity contribution in [1.82, 2.24) is 15.6 Å². The van der Waals surface area contributed by atoms with Crippen LogP contribution in [0.3, 0.4) is 0 Å². The Labute approximate surface area is 276 Å². The number of halogens is 2. The summed E-state index contributed by atoms with van der Waals surface area (Å²) in [5, 5.41) is 5.06. The molecule has 9 nitrogen and oxygen atoms in total. The summed E-state index contributed by atoms with van der Waals surface area (Å²) >= 11 is 0. The summed E-state index contributed by atoms with van der Waals surface area (Å²) < 4.78 is 60.9. The second kappa shape index (κ2) is 18.6. The quantitative estimate of drug-likeness (QED) is 0.156. The van der Waals surface area contributed by atoms with Crippen molar-refractivity contribution >= 4 is 21.7 Å². The minimum absolute atomic E-state index is 0.00118. The first-order valence-corrected chi connectivity index (χ1v) is 17.8. The van der Waals surface area contributed by atoms with Gasteiger partial charge in [-0.1, -0.05) is 63.9 Å². The van der Waals surface area contributed by atoms with Gasteiger partial charge >= 0.3 is 5.97 Å². The molecule has 1 heterocycles. The number of amides is 1. The van der Waals surface area contributed by atoms with Crippen LogP contribution in [0.4, 0.5) is 8.78 Å². The number of hydrogen-bond acceptors (Lipinski definition) is 8. The highest BCUT2D eigenvalue weighted by Crippen LogP contribution is 2.18. The number of carbonyl (C=O) groups is 2. The van der Waals surface area contributed by atoms with Crippen molar-refractivity contribution in [3.8, 4) is 0 Å². The SMILES string of the molecule is CCCC(CCC)S(=O)(=O)C[C@@H](NC(=O)c1ccccn1)C(=O)O[C@H](CNCc1cccc(CC)c1)C(N)Cc1cc(F)cc(F)c1. The number of aryl methyl sites for hydroxylation is 1. The number of benzene rings is 2. The van der Waals surface area contributed by atoms with E-state index in [4.69, 9.17) is 10.5 Å². The molecule has 47 heavy (non-hydrogen) atoms. The molecule has 0 fully saturated rings. The Balaban J connectivity index is 1.88. The Kier molecular flexibility index (Phi) is 14.9.